The third-order valence-corrected chi connectivity index (χ3v) is 6.34. The van der Waals surface area contributed by atoms with Crippen LogP contribution in [0.4, 0.5) is 0 Å². The van der Waals surface area contributed by atoms with Crippen molar-refractivity contribution in [1.82, 2.24) is 4.72 Å². The Bertz CT molecular complexity index is 544. The summed E-state index contributed by atoms with van der Waals surface area (Å²) in [7, 11) is -3.55. The van der Waals surface area contributed by atoms with E-state index < -0.39 is 10.0 Å². The van der Waals surface area contributed by atoms with E-state index in [2.05, 4.69) is 20.7 Å². The fourth-order valence-corrected chi connectivity index (χ4v) is 3.92. The molecule has 1 rings (SSSR count). The van der Waals surface area contributed by atoms with Crippen LogP contribution in [0.3, 0.4) is 0 Å². The highest BCUT2D eigenvalue weighted by molar-refractivity contribution is 9.10. The summed E-state index contributed by atoms with van der Waals surface area (Å²) in [6.45, 7) is 4.19. The Morgan fingerprint density at radius 3 is 2.53 bits per heavy atom. The van der Waals surface area contributed by atoms with Gasteiger partial charge in [0.1, 0.15) is 0 Å². The summed E-state index contributed by atoms with van der Waals surface area (Å²) in [6.07, 6.45) is 1.94. The molecule has 4 nitrogen and oxygen atoms in total. The monoisotopic (exact) mass is 367 g/mol. The number of sulfonamides is 1. The second-order valence-corrected chi connectivity index (χ2v) is 8.81. The number of hydrogen-bond acceptors (Lipinski definition) is 4. The maximum Gasteiger partial charge on any atom is 0.241 e. The maximum absolute atomic E-state index is 12.2. The van der Waals surface area contributed by atoms with Crippen molar-refractivity contribution in [3.63, 3.8) is 0 Å². The van der Waals surface area contributed by atoms with Gasteiger partial charge in [0, 0.05) is 15.8 Å². The fourth-order valence-electron chi connectivity index (χ4n) is 1.28. The predicted molar refractivity (Wildman–Crippen MR) is 82.8 cm³/mol. The van der Waals surface area contributed by atoms with Gasteiger partial charge in [-0.2, -0.15) is 11.8 Å². The molecule has 0 saturated heterocycles. The lowest BCUT2D eigenvalue weighted by atomic mass is 10.2. The van der Waals surface area contributed by atoms with E-state index in [0.29, 0.717) is 16.6 Å². The second-order valence-electron chi connectivity index (χ2n) is 4.71. The predicted octanol–water partition coefficient (Wildman–Crippen LogP) is 2.36. The van der Waals surface area contributed by atoms with Crippen molar-refractivity contribution in [3.05, 3.63) is 28.2 Å². The second kappa shape index (κ2) is 6.58. The lowest BCUT2D eigenvalue weighted by Gasteiger charge is -2.22. The molecule has 0 aliphatic carbocycles. The normalized spacial score (nSPS) is 12.7. The zero-order valence-corrected chi connectivity index (χ0v) is 14.3. The summed E-state index contributed by atoms with van der Waals surface area (Å²) in [5, 5.41) is 9.01. The van der Waals surface area contributed by atoms with Gasteiger partial charge >= 0.3 is 0 Å². The molecule has 0 aromatic heterocycles. The van der Waals surface area contributed by atoms with Crippen LogP contribution in [0.5, 0.6) is 0 Å². The third kappa shape index (κ3) is 4.75. The molecule has 0 atom stereocenters. The van der Waals surface area contributed by atoms with Crippen LogP contribution < -0.4 is 4.72 Å². The first kappa shape index (κ1) is 17.0. The zero-order chi connectivity index (χ0) is 14.7. The standard InChI is InChI=1S/C12H18BrNO3S2/c1-12(2,18-3)8-14-19(16,17)11-5-4-9(7-15)6-10(11)13/h4-6,14-15H,7-8H2,1-3H3. The number of aliphatic hydroxyl groups is 1. The molecule has 0 amide bonds. The summed E-state index contributed by atoms with van der Waals surface area (Å²) < 4.78 is 27.3. The molecule has 7 heteroatoms. The topological polar surface area (TPSA) is 66.4 Å². The molecule has 0 heterocycles. The molecule has 1 aromatic rings. The van der Waals surface area contributed by atoms with Crippen LogP contribution in [0.1, 0.15) is 19.4 Å². The van der Waals surface area contributed by atoms with Gasteiger partial charge in [-0.25, -0.2) is 13.1 Å². The molecule has 0 saturated carbocycles. The largest absolute Gasteiger partial charge is 0.392 e. The number of nitrogens with one attached hydrogen (secondary N) is 1. The van der Waals surface area contributed by atoms with Gasteiger partial charge in [-0.05, 0) is 53.7 Å². The van der Waals surface area contributed by atoms with Crippen molar-refractivity contribution in [1.29, 1.82) is 0 Å². The minimum atomic E-state index is -3.55. The Morgan fingerprint density at radius 1 is 1.42 bits per heavy atom. The first-order valence-electron chi connectivity index (χ1n) is 5.66. The van der Waals surface area contributed by atoms with Crippen molar-refractivity contribution in [2.75, 3.05) is 12.8 Å². The van der Waals surface area contributed by atoms with E-state index in [1.165, 1.54) is 6.07 Å². The van der Waals surface area contributed by atoms with Gasteiger partial charge in [0.25, 0.3) is 0 Å². The Morgan fingerprint density at radius 2 is 2.05 bits per heavy atom. The summed E-state index contributed by atoms with van der Waals surface area (Å²) in [6, 6.07) is 4.69. The summed E-state index contributed by atoms with van der Waals surface area (Å²) in [5.41, 5.74) is 0.662. The first-order valence-corrected chi connectivity index (χ1v) is 9.16. The van der Waals surface area contributed by atoms with Gasteiger partial charge in [0.2, 0.25) is 10.0 Å². The van der Waals surface area contributed by atoms with Crippen molar-refractivity contribution >= 4 is 37.7 Å². The molecule has 0 spiro atoms. The Labute approximate surface area is 127 Å². The molecule has 0 aliphatic heterocycles. The van der Waals surface area contributed by atoms with Gasteiger partial charge in [-0.15, -0.1) is 0 Å². The van der Waals surface area contributed by atoms with Crippen LogP contribution in [0.2, 0.25) is 0 Å². The quantitative estimate of drug-likeness (QED) is 0.809. The summed E-state index contributed by atoms with van der Waals surface area (Å²) in [5.74, 6) is 0. The molecule has 0 aliphatic rings. The van der Waals surface area contributed by atoms with Gasteiger partial charge in [-0.1, -0.05) is 6.07 Å². The fraction of sp³-hybridized carbons (Fsp3) is 0.500. The van der Waals surface area contributed by atoms with Crippen molar-refractivity contribution < 1.29 is 13.5 Å². The van der Waals surface area contributed by atoms with E-state index >= 15 is 0 Å². The first-order chi connectivity index (χ1) is 8.72. The Hall–Kier alpha value is -0.0800. The minimum absolute atomic E-state index is 0.119. The molecule has 0 radical (unpaired) electrons. The average molecular weight is 368 g/mol. The van der Waals surface area contributed by atoms with E-state index in [4.69, 9.17) is 5.11 Å². The van der Waals surface area contributed by atoms with E-state index in [0.717, 1.165) is 0 Å². The molecular weight excluding hydrogens is 350 g/mol. The van der Waals surface area contributed by atoms with E-state index in [9.17, 15) is 8.42 Å². The lowest BCUT2D eigenvalue weighted by molar-refractivity contribution is 0.281. The number of rotatable bonds is 6. The van der Waals surface area contributed by atoms with Crippen LogP contribution in [0.25, 0.3) is 0 Å². The van der Waals surface area contributed by atoms with Crippen molar-refractivity contribution in [2.24, 2.45) is 0 Å². The SMILES string of the molecule is CSC(C)(C)CNS(=O)(=O)c1ccc(CO)cc1Br. The number of benzene rings is 1. The number of halogens is 1. The van der Waals surface area contributed by atoms with Crippen LogP contribution in [-0.2, 0) is 16.6 Å². The highest BCUT2D eigenvalue weighted by atomic mass is 79.9. The van der Waals surface area contributed by atoms with E-state index in [1.54, 1.807) is 23.9 Å². The van der Waals surface area contributed by atoms with Gasteiger partial charge in [0.15, 0.2) is 0 Å². The van der Waals surface area contributed by atoms with Gasteiger partial charge < -0.3 is 5.11 Å². The molecule has 0 fully saturated rings. The minimum Gasteiger partial charge on any atom is -0.392 e. The molecule has 0 unspecified atom stereocenters. The summed E-state index contributed by atoms with van der Waals surface area (Å²) >= 11 is 4.83. The van der Waals surface area contributed by atoms with Crippen molar-refractivity contribution in [2.45, 2.75) is 30.1 Å². The zero-order valence-electron chi connectivity index (χ0n) is 11.1. The summed E-state index contributed by atoms with van der Waals surface area (Å²) in [4.78, 5) is 0.182. The number of hydrogen-bond donors (Lipinski definition) is 2. The van der Waals surface area contributed by atoms with Crippen LogP contribution in [0, 0.1) is 0 Å². The lowest BCUT2D eigenvalue weighted by Crippen LogP contribution is -2.36. The van der Waals surface area contributed by atoms with E-state index in [-0.39, 0.29) is 16.2 Å². The maximum atomic E-state index is 12.2. The Balaban J connectivity index is 2.95. The molecule has 108 valence electrons. The van der Waals surface area contributed by atoms with Crippen LogP contribution in [-0.4, -0.2) is 31.1 Å². The number of aliphatic hydroxyl groups excluding tert-OH is 1. The molecule has 2 N–H and O–H groups in total. The molecule has 0 bridgehead atoms. The van der Waals surface area contributed by atoms with E-state index in [1.807, 2.05) is 20.1 Å². The van der Waals surface area contributed by atoms with Crippen LogP contribution in [0.15, 0.2) is 27.6 Å². The van der Waals surface area contributed by atoms with Crippen LogP contribution >= 0.6 is 27.7 Å². The average Bonchev–Trinajstić information content (AvgIpc) is 2.36. The Kier molecular flexibility index (Phi) is 5.88. The smallest absolute Gasteiger partial charge is 0.241 e. The molecular formula is C12H18BrNO3S2. The van der Waals surface area contributed by atoms with Gasteiger partial charge in [-0.3, -0.25) is 0 Å². The highest BCUT2D eigenvalue weighted by Crippen LogP contribution is 2.25. The van der Waals surface area contributed by atoms with Crippen molar-refractivity contribution in [3.8, 4) is 0 Å². The number of thioether (sulfide) groups is 1. The molecule has 1 aromatic carbocycles. The molecule has 19 heavy (non-hydrogen) atoms. The third-order valence-electron chi connectivity index (χ3n) is 2.71. The van der Waals surface area contributed by atoms with Gasteiger partial charge in [0.05, 0.1) is 11.5 Å². The highest BCUT2D eigenvalue weighted by Gasteiger charge is 2.23.